The number of aliphatic hydroxyl groups excluding tert-OH is 1. The molecule has 0 radical (unpaired) electrons. The lowest BCUT2D eigenvalue weighted by molar-refractivity contribution is 0.107. The Labute approximate surface area is 83.8 Å². The summed E-state index contributed by atoms with van der Waals surface area (Å²) in [6.07, 6.45) is 4.58. The van der Waals surface area contributed by atoms with Crippen molar-refractivity contribution >= 4 is 7.60 Å². The largest absolute Gasteiger partial charge is 0.379 e. The molecule has 1 aliphatic carbocycles. The third-order valence-electron chi connectivity index (χ3n) is 2.44. The minimum absolute atomic E-state index is 0.194. The van der Waals surface area contributed by atoms with Crippen molar-refractivity contribution in [2.24, 2.45) is 5.73 Å². The second-order valence-corrected chi connectivity index (χ2v) is 5.58. The van der Waals surface area contributed by atoms with Gasteiger partial charge >= 0.3 is 7.60 Å². The molecule has 0 aromatic carbocycles. The van der Waals surface area contributed by atoms with Gasteiger partial charge in [-0.1, -0.05) is 19.3 Å². The van der Waals surface area contributed by atoms with Crippen molar-refractivity contribution in [1.82, 2.24) is 0 Å². The van der Waals surface area contributed by atoms with Gasteiger partial charge in [0.25, 0.3) is 0 Å². The molecule has 1 rings (SSSR count). The Morgan fingerprint density at radius 2 is 2.00 bits per heavy atom. The Morgan fingerprint density at radius 1 is 1.43 bits per heavy atom. The van der Waals surface area contributed by atoms with Gasteiger partial charge in [-0.15, -0.1) is 0 Å². The van der Waals surface area contributed by atoms with Crippen LogP contribution in [0.25, 0.3) is 0 Å². The van der Waals surface area contributed by atoms with Crippen molar-refractivity contribution in [3.63, 3.8) is 0 Å². The zero-order chi connectivity index (χ0) is 10.6. The molecule has 0 heterocycles. The fourth-order valence-electron chi connectivity index (χ4n) is 1.59. The average molecular weight is 223 g/mol. The van der Waals surface area contributed by atoms with Crippen LogP contribution in [0.15, 0.2) is 0 Å². The minimum atomic E-state index is -3.92. The molecule has 84 valence electrons. The second kappa shape index (κ2) is 5.24. The Hall–Kier alpha value is 0.0700. The Bertz CT molecular complexity index is 217. The summed E-state index contributed by atoms with van der Waals surface area (Å²) >= 11 is 0. The molecule has 6 heteroatoms. The van der Waals surface area contributed by atoms with E-state index in [4.69, 9.17) is 15.4 Å². The predicted molar refractivity (Wildman–Crippen MR) is 52.8 cm³/mol. The molecule has 0 spiro atoms. The number of hydrogen-bond donors (Lipinski definition) is 3. The van der Waals surface area contributed by atoms with Crippen molar-refractivity contribution in [1.29, 1.82) is 0 Å². The molecule has 2 unspecified atom stereocenters. The molecule has 0 aromatic rings. The van der Waals surface area contributed by atoms with Crippen LogP contribution in [0.3, 0.4) is 0 Å². The number of rotatable bonds is 4. The molecule has 0 aliphatic heterocycles. The van der Waals surface area contributed by atoms with E-state index < -0.39 is 13.4 Å². The van der Waals surface area contributed by atoms with E-state index in [9.17, 15) is 9.46 Å². The molecule has 0 saturated heterocycles. The third-order valence-corrected chi connectivity index (χ3v) is 4.00. The topological polar surface area (TPSA) is 92.8 Å². The lowest BCUT2D eigenvalue weighted by atomic mass is 9.98. The van der Waals surface area contributed by atoms with Gasteiger partial charge in [-0.2, -0.15) is 0 Å². The van der Waals surface area contributed by atoms with E-state index in [1.54, 1.807) is 0 Å². The molecule has 0 bridgehead atoms. The van der Waals surface area contributed by atoms with Crippen molar-refractivity contribution in [2.75, 3.05) is 6.54 Å². The molecule has 0 amide bonds. The van der Waals surface area contributed by atoms with E-state index in [1.807, 2.05) is 0 Å². The summed E-state index contributed by atoms with van der Waals surface area (Å²) in [5, 5.41) is 9.15. The lowest BCUT2D eigenvalue weighted by Gasteiger charge is -2.26. The van der Waals surface area contributed by atoms with Gasteiger partial charge < -0.3 is 20.3 Å². The second-order valence-electron chi connectivity index (χ2n) is 3.65. The van der Waals surface area contributed by atoms with Crippen LogP contribution < -0.4 is 5.73 Å². The highest BCUT2D eigenvalue weighted by atomic mass is 31.2. The van der Waals surface area contributed by atoms with Crippen LogP contribution in [0.5, 0.6) is 0 Å². The zero-order valence-corrected chi connectivity index (χ0v) is 9.03. The smallest absolute Gasteiger partial charge is 0.357 e. The molecule has 2 atom stereocenters. The van der Waals surface area contributed by atoms with Crippen LogP contribution in [0, 0.1) is 0 Å². The highest BCUT2D eigenvalue weighted by Crippen LogP contribution is 2.48. The first-order chi connectivity index (χ1) is 6.56. The summed E-state index contributed by atoms with van der Waals surface area (Å²) < 4.78 is 16.4. The molecule has 14 heavy (non-hydrogen) atoms. The summed E-state index contributed by atoms with van der Waals surface area (Å²) in [7, 11) is -3.92. The summed E-state index contributed by atoms with van der Waals surface area (Å²) in [5.41, 5.74) is 5.10. The first-order valence-electron chi connectivity index (χ1n) is 4.95. The molecule has 4 N–H and O–H groups in total. The fourth-order valence-corrected chi connectivity index (χ4v) is 2.63. The highest BCUT2D eigenvalue weighted by molar-refractivity contribution is 7.53. The fraction of sp³-hybridized carbons (Fsp3) is 1.00. The lowest BCUT2D eigenvalue weighted by Crippen LogP contribution is -2.24. The van der Waals surface area contributed by atoms with Gasteiger partial charge in [-0.05, 0) is 12.8 Å². The quantitative estimate of drug-likeness (QED) is 0.613. The van der Waals surface area contributed by atoms with Crippen LogP contribution >= 0.6 is 7.60 Å². The normalized spacial score (nSPS) is 25.6. The van der Waals surface area contributed by atoms with E-state index in [-0.39, 0.29) is 12.6 Å². The maximum Gasteiger partial charge on any atom is 0.357 e. The van der Waals surface area contributed by atoms with E-state index in [0.717, 1.165) is 32.1 Å². The van der Waals surface area contributed by atoms with Crippen molar-refractivity contribution in [3.8, 4) is 0 Å². The average Bonchev–Trinajstić information content (AvgIpc) is 2.17. The summed E-state index contributed by atoms with van der Waals surface area (Å²) in [4.78, 5) is 9.34. The van der Waals surface area contributed by atoms with E-state index in [1.165, 1.54) is 0 Å². The first kappa shape index (κ1) is 12.1. The van der Waals surface area contributed by atoms with Crippen LogP contribution in [0.4, 0.5) is 0 Å². The molecule has 1 fully saturated rings. The number of nitrogens with two attached hydrogens (primary N) is 1. The zero-order valence-electron chi connectivity index (χ0n) is 8.13. The van der Waals surface area contributed by atoms with Gasteiger partial charge in [0.05, 0.1) is 6.10 Å². The Balaban J connectivity index is 2.44. The van der Waals surface area contributed by atoms with Gasteiger partial charge in [-0.3, -0.25) is 4.57 Å². The van der Waals surface area contributed by atoms with Gasteiger partial charge in [0.1, 0.15) is 0 Å². The van der Waals surface area contributed by atoms with E-state index in [0.29, 0.717) is 0 Å². The predicted octanol–water partition coefficient (Wildman–Crippen LogP) is 0.798. The molecule has 5 nitrogen and oxygen atoms in total. The molecule has 1 saturated carbocycles. The maximum atomic E-state index is 11.4. The van der Waals surface area contributed by atoms with Crippen molar-refractivity contribution in [2.45, 2.75) is 44.1 Å². The monoisotopic (exact) mass is 223 g/mol. The Kier molecular flexibility index (Phi) is 4.54. The number of aliphatic hydroxyl groups is 1. The summed E-state index contributed by atoms with van der Waals surface area (Å²) in [5.74, 6) is -1.45. The van der Waals surface area contributed by atoms with Crippen LogP contribution in [-0.4, -0.2) is 28.5 Å². The number of hydrogen-bond acceptors (Lipinski definition) is 4. The van der Waals surface area contributed by atoms with Gasteiger partial charge in [0, 0.05) is 6.54 Å². The molecular formula is C8H18NO4P. The van der Waals surface area contributed by atoms with Gasteiger partial charge in [-0.25, -0.2) is 0 Å². The van der Waals surface area contributed by atoms with Crippen molar-refractivity contribution in [3.05, 3.63) is 0 Å². The SMILES string of the molecule is NCC(O)P(=O)(O)OC1CCCCC1. The summed E-state index contributed by atoms with van der Waals surface area (Å²) in [6, 6.07) is 0. The van der Waals surface area contributed by atoms with Crippen LogP contribution in [0.2, 0.25) is 0 Å². The van der Waals surface area contributed by atoms with Crippen LogP contribution in [0.1, 0.15) is 32.1 Å². The van der Waals surface area contributed by atoms with E-state index in [2.05, 4.69) is 0 Å². The van der Waals surface area contributed by atoms with E-state index >= 15 is 0 Å². The Morgan fingerprint density at radius 3 is 2.50 bits per heavy atom. The van der Waals surface area contributed by atoms with Crippen molar-refractivity contribution < 1.29 is 19.1 Å². The van der Waals surface area contributed by atoms with Crippen LogP contribution in [-0.2, 0) is 9.09 Å². The molecule has 0 aromatic heterocycles. The van der Waals surface area contributed by atoms with Gasteiger partial charge in [0.15, 0.2) is 5.85 Å². The maximum absolute atomic E-state index is 11.4. The molecule has 1 aliphatic rings. The highest BCUT2D eigenvalue weighted by Gasteiger charge is 2.33. The molecular weight excluding hydrogens is 205 g/mol. The minimum Gasteiger partial charge on any atom is -0.379 e. The third kappa shape index (κ3) is 3.33. The standard InChI is InChI=1S/C8H18NO4P/c9-6-8(10)14(11,12)13-7-4-2-1-3-5-7/h7-8,10H,1-6,9H2,(H,11,12). The van der Waals surface area contributed by atoms with Gasteiger partial charge in [0.2, 0.25) is 0 Å². The summed E-state index contributed by atoms with van der Waals surface area (Å²) in [6.45, 7) is -0.250. The first-order valence-corrected chi connectivity index (χ1v) is 6.60.